The average molecular weight is 360 g/mol. The van der Waals surface area contributed by atoms with E-state index in [0.717, 1.165) is 37.7 Å². The number of allylic oxidation sites excluding steroid dienone is 1. The maximum Gasteiger partial charge on any atom is 0.302 e. The van der Waals surface area contributed by atoms with E-state index >= 15 is 0 Å². The van der Waals surface area contributed by atoms with Crippen LogP contribution in [0.4, 0.5) is 0 Å². The lowest BCUT2D eigenvalue weighted by Gasteiger charge is -2.60. The first-order valence-electron chi connectivity index (χ1n) is 9.80. The number of ether oxygens (including phenoxy) is 1. The van der Waals surface area contributed by atoms with Gasteiger partial charge in [0.2, 0.25) is 0 Å². The number of rotatable bonds is 5. The van der Waals surface area contributed by atoms with E-state index in [4.69, 9.17) is 9.15 Å². The Morgan fingerprint density at radius 2 is 2.19 bits per heavy atom. The van der Waals surface area contributed by atoms with Crippen molar-refractivity contribution in [2.45, 2.75) is 65.9 Å². The number of fused-ring (bicyclic) bond motifs is 1. The van der Waals surface area contributed by atoms with Crippen LogP contribution >= 0.6 is 0 Å². The van der Waals surface area contributed by atoms with Crippen LogP contribution in [0.15, 0.2) is 34.7 Å². The van der Waals surface area contributed by atoms with Crippen LogP contribution in [0.25, 0.3) is 0 Å². The number of hydrogen-bond donors (Lipinski definition) is 1. The van der Waals surface area contributed by atoms with Crippen molar-refractivity contribution >= 4 is 5.97 Å². The fourth-order valence-corrected chi connectivity index (χ4v) is 5.72. The van der Waals surface area contributed by atoms with Crippen LogP contribution in [0, 0.1) is 22.7 Å². The zero-order chi connectivity index (χ0) is 18.9. The van der Waals surface area contributed by atoms with Crippen LogP contribution in [0.2, 0.25) is 0 Å². The summed E-state index contributed by atoms with van der Waals surface area (Å²) in [5.41, 5.74) is 2.24. The van der Waals surface area contributed by atoms with E-state index in [1.807, 2.05) is 12.3 Å². The van der Waals surface area contributed by atoms with Crippen molar-refractivity contribution in [1.29, 1.82) is 0 Å². The van der Waals surface area contributed by atoms with Gasteiger partial charge in [0, 0.05) is 6.92 Å². The smallest absolute Gasteiger partial charge is 0.302 e. The first-order chi connectivity index (χ1) is 12.3. The summed E-state index contributed by atoms with van der Waals surface area (Å²) >= 11 is 0. The Labute approximate surface area is 156 Å². The van der Waals surface area contributed by atoms with Gasteiger partial charge in [-0.25, -0.2) is 0 Å². The van der Waals surface area contributed by atoms with Crippen molar-refractivity contribution in [1.82, 2.24) is 0 Å². The van der Waals surface area contributed by atoms with Gasteiger partial charge in [-0.1, -0.05) is 26.8 Å². The molecule has 0 radical (unpaired) electrons. The summed E-state index contributed by atoms with van der Waals surface area (Å²) in [7, 11) is 0. The van der Waals surface area contributed by atoms with E-state index in [1.54, 1.807) is 6.26 Å². The van der Waals surface area contributed by atoms with Gasteiger partial charge in [0.1, 0.15) is 6.10 Å². The van der Waals surface area contributed by atoms with E-state index < -0.39 is 0 Å². The SMILES string of the molecule is CC(=O)O[C@@H]1C[C@@]2(C)C(CO)=CCC[C@@H]2[C@@](C)(CCc2ccoc2)[C@@H]1C. The standard InChI is InChI=1S/C22H32O4/c1-15-19(26-16(2)24)12-22(4)18(13-23)6-5-7-20(22)21(15,3)10-8-17-9-11-25-14-17/h6,9,11,14-15,19-20,23H,5,7-8,10,12-13H2,1-4H3/t15-,19-,20-,21+,22+/m1/s1. The summed E-state index contributed by atoms with van der Waals surface area (Å²) in [6.45, 7) is 8.44. The number of aryl methyl sites for hydroxylation is 1. The van der Waals surface area contributed by atoms with E-state index in [-0.39, 0.29) is 35.4 Å². The molecule has 1 aromatic rings. The summed E-state index contributed by atoms with van der Waals surface area (Å²) in [6, 6.07) is 2.03. The van der Waals surface area contributed by atoms with E-state index in [1.165, 1.54) is 12.5 Å². The molecule has 1 N–H and O–H groups in total. The summed E-state index contributed by atoms with van der Waals surface area (Å²) in [4.78, 5) is 11.7. The molecular formula is C22H32O4. The Kier molecular flexibility index (Phi) is 5.34. The number of aliphatic hydroxyl groups is 1. The zero-order valence-corrected chi connectivity index (χ0v) is 16.5. The Balaban J connectivity index is 1.95. The molecular weight excluding hydrogens is 328 g/mol. The Morgan fingerprint density at radius 1 is 1.42 bits per heavy atom. The minimum Gasteiger partial charge on any atom is -0.472 e. The Morgan fingerprint density at radius 3 is 2.81 bits per heavy atom. The molecule has 0 bridgehead atoms. The molecule has 0 aromatic carbocycles. The molecule has 5 atom stereocenters. The molecule has 4 nitrogen and oxygen atoms in total. The molecule has 0 unspecified atom stereocenters. The van der Waals surface area contributed by atoms with Crippen LogP contribution in [0.1, 0.15) is 58.9 Å². The third kappa shape index (κ3) is 3.24. The largest absolute Gasteiger partial charge is 0.472 e. The molecule has 2 aliphatic carbocycles. The van der Waals surface area contributed by atoms with Crippen LogP contribution < -0.4 is 0 Å². The maximum atomic E-state index is 11.7. The summed E-state index contributed by atoms with van der Waals surface area (Å²) < 4.78 is 11.0. The van der Waals surface area contributed by atoms with Crippen LogP contribution in [0.5, 0.6) is 0 Å². The highest BCUT2D eigenvalue weighted by Crippen LogP contribution is 2.62. The van der Waals surface area contributed by atoms with Gasteiger partial charge >= 0.3 is 5.97 Å². The molecule has 26 heavy (non-hydrogen) atoms. The summed E-state index contributed by atoms with van der Waals surface area (Å²) in [6.07, 6.45) is 10.5. The van der Waals surface area contributed by atoms with E-state index in [9.17, 15) is 9.90 Å². The highest BCUT2D eigenvalue weighted by Gasteiger charge is 2.57. The fourth-order valence-electron chi connectivity index (χ4n) is 5.72. The van der Waals surface area contributed by atoms with Gasteiger partial charge in [-0.3, -0.25) is 4.79 Å². The molecule has 2 aliphatic rings. The van der Waals surface area contributed by atoms with Crippen LogP contribution in [-0.2, 0) is 16.0 Å². The van der Waals surface area contributed by atoms with Gasteiger partial charge < -0.3 is 14.3 Å². The second-order valence-electron chi connectivity index (χ2n) is 8.71. The molecule has 4 heteroatoms. The molecule has 0 aliphatic heterocycles. The molecule has 3 rings (SSSR count). The van der Waals surface area contributed by atoms with E-state index in [0.29, 0.717) is 5.92 Å². The van der Waals surface area contributed by atoms with Crippen LogP contribution in [-0.4, -0.2) is 23.8 Å². The molecule has 1 heterocycles. The van der Waals surface area contributed by atoms with Gasteiger partial charge in [0.15, 0.2) is 0 Å². The average Bonchev–Trinajstić information content (AvgIpc) is 3.10. The molecule has 0 saturated heterocycles. The van der Waals surface area contributed by atoms with Crippen molar-refractivity contribution in [2.75, 3.05) is 6.61 Å². The van der Waals surface area contributed by atoms with Gasteiger partial charge in [-0.2, -0.15) is 0 Å². The molecule has 1 aromatic heterocycles. The molecule has 1 fully saturated rings. The molecule has 144 valence electrons. The third-order valence-electron chi connectivity index (χ3n) is 7.39. The maximum absolute atomic E-state index is 11.7. The highest BCUT2D eigenvalue weighted by molar-refractivity contribution is 5.66. The van der Waals surface area contributed by atoms with Crippen molar-refractivity contribution < 1.29 is 19.1 Å². The van der Waals surface area contributed by atoms with Gasteiger partial charge in [-0.15, -0.1) is 0 Å². The minimum absolute atomic E-state index is 0.0269. The lowest BCUT2D eigenvalue weighted by Crippen LogP contribution is -2.56. The Hall–Kier alpha value is -1.55. The predicted octanol–water partition coefficient (Wildman–Crippen LogP) is 4.53. The van der Waals surface area contributed by atoms with Gasteiger partial charge in [-0.05, 0) is 72.0 Å². The van der Waals surface area contributed by atoms with Crippen molar-refractivity contribution in [3.05, 3.63) is 35.8 Å². The lowest BCUT2D eigenvalue weighted by molar-refractivity contribution is -0.170. The first-order valence-corrected chi connectivity index (χ1v) is 9.80. The zero-order valence-electron chi connectivity index (χ0n) is 16.5. The second-order valence-corrected chi connectivity index (χ2v) is 8.71. The Bertz CT molecular complexity index is 662. The molecule has 0 amide bonds. The predicted molar refractivity (Wildman–Crippen MR) is 100 cm³/mol. The fraction of sp³-hybridized carbons (Fsp3) is 0.682. The normalized spacial score (nSPS) is 37.0. The monoisotopic (exact) mass is 360 g/mol. The molecule has 0 spiro atoms. The van der Waals surface area contributed by atoms with Crippen molar-refractivity contribution in [3.63, 3.8) is 0 Å². The summed E-state index contributed by atoms with van der Waals surface area (Å²) in [5.74, 6) is 0.525. The summed E-state index contributed by atoms with van der Waals surface area (Å²) in [5, 5.41) is 9.99. The topological polar surface area (TPSA) is 59.7 Å². The van der Waals surface area contributed by atoms with Gasteiger partial charge in [0.05, 0.1) is 19.1 Å². The second kappa shape index (κ2) is 7.22. The minimum atomic E-state index is -0.216. The van der Waals surface area contributed by atoms with Crippen LogP contribution in [0.3, 0.4) is 0 Å². The third-order valence-corrected chi connectivity index (χ3v) is 7.39. The highest BCUT2D eigenvalue weighted by atomic mass is 16.5. The number of esters is 1. The van der Waals surface area contributed by atoms with Crippen molar-refractivity contribution in [3.8, 4) is 0 Å². The molecule has 1 saturated carbocycles. The number of furan rings is 1. The number of carbonyl (C=O) groups is 1. The van der Waals surface area contributed by atoms with Crippen molar-refractivity contribution in [2.24, 2.45) is 22.7 Å². The van der Waals surface area contributed by atoms with E-state index in [2.05, 4.69) is 26.8 Å². The quantitative estimate of drug-likeness (QED) is 0.619. The lowest BCUT2D eigenvalue weighted by atomic mass is 9.46. The first kappa shape index (κ1) is 19.2. The number of hydrogen-bond acceptors (Lipinski definition) is 4. The van der Waals surface area contributed by atoms with Gasteiger partial charge in [0.25, 0.3) is 0 Å². The number of carbonyl (C=O) groups excluding carboxylic acids is 1. The number of aliphatic hydroxyl groups excluding tert-OH is 1.